The van der Waals surface area contributed by atoms with Gasteiger partial charge in [-0.3, -0.25) is 19.7 Å². The van der Waals surface area contributed by atoms with E-state index in [2.05, 4.69) is 63.2 Å². The van der Waals surface area contributed by atoms with E-state index in [9.17, 15) is 4.79 Å². The maximum Gasteiger partial charge on any atom is 0.245 e. The largest absolute Gasteiger partial charge is 0.373 e. The zero-order valence-corrected chi connectivity index (χ0v) is 20.1. The van der Waals surface area contributed by atoms with Gasteiger partial charge in [-0.2, -0.15) is 0 Å². The fourth-order valence-corrected chi connectivity index (χ4v) is 5.19. The molecule has 0 spiro atoms. The second-order valence-electron chi connectivity index (χ2n) is 9.55. The van der Waals surface area contributed by atoms with Crippen LogP contribution in [0.5, 0.6) is 0 Å². The number of piperidine rings is 1. The maximum absolute atomic E-state index is 13.2. The molecule has 34 heavy (non-hydrogen) atoms. The van der Waals surface area contributed by atoms with Gasteiger partial charge in [-0.05, 0) is 61.6 Å². The summed E-state index contributed by atoms with van der Waals surface area (Å²) in [5.41, 5.74) is 6.98. The van der Waals surface area contributed by atoms with Gasteiger partial charge in [-0.15, -0.1) is 0 Å². The van der Waals surface area contributed by atoms with Crippen LogP contribution in [0.15, 0.2) is 60.9 Å². The first kappa shape index (κ1) is 22.5. The molecule has 3 aromatic rings. The number of benzene rings is 1. The van der Waals surface area contributed by atoms with E-state index in [0.29, 0.717) is 6.04 Å². The molecule has 6 heteroatoms. The van der Waals surface area contributed by atoms with Crippen LogP contribution in [0.1, 0.15) is 40.9 Å². The lowest BCUT2D eigenvalue weighted by Gasteiger charge is -2.39. The molecule has 1 fully saturated rings. The number of aromatic nitrogens is 2. The third-order valence-corrected chi connectivity index (χ3v) is 7.30. The van der Waals surface area contributed by atoms with Crippen LogP contribution in [-0.4, -0.2) is 50.8 Å². The summed E-state index contributed by atoms with van der Waals surface area (Å²) in [6.07, 6.45) is 6.45. The van der Waals surface area contributed by atoms with Crippen molar-refractivity contribution in [3.05, 3.63) is 89.0 Å². The topological polar surface area (TPSA) is 61.4 Å². The molecule has 1 saturated heterocycles. The molecule has 1 N–H and O–H groups in total. The summed E-state index contributed by atoms with van der Waals surface area (Å²) in [7, 11) is 0. The number of para-hydroxylation sites is 1. The van der Waals surface area contributed by atoms with Gasteiger partial charge in [-0.1, -0.05) is 30.3 Å². The van der Waals surface area contributed by atoms with Crippen molar-refractivity contribution in [1.29, 1.82) is 0 Å². The van der Waals surface area contributed by atoms with Crippen molar-refractivity contribution in [3.63, 3.8) is 0 Å². The van der Waals surface area contributed by atoms with Crippen molar-refractivity contribution in [3.8, 4) is 0 Å². The summed E-state index contributed by atoms with van der Waals surface area (Å²) in [5, 5.41) is 3.43. The van der Waals surface area contributed by atoms with E-state index in [4.69, 9.17) is 0 Å². The minimum atomic E-state index is -0.141. The standard InChI is InChI=1S/C28H33N5O/c1-20-7-5-13-29-26(20)18-33(19-27-21(2)8-6-14-30-27)23-11-15-32(16-12-23)28(34)25-17-22-9-3-4-10-24(22)31-25/h3-10,13-14,23,25,31H,11-12,15-19H2,1-2H3. The molecule has 5 rings (SSSR count). The number of hydrogen-bond donors (Lipinski definition) is 1. The van der Waals surface area contributed by atoms with Gasteiger partial charge < -0.3 is 10.2 Å². The SMILES string of the molecule is Cc1cccnc1CN(Cc1ncccc1C)C1CCN(C(=O)C2Cc3ccccc3N2)CC1. The Morgan fingerprint density at radius 1 is 0.941 bits per heavy atom. The number of hydrogen-bond acceptors (Lipinski definition) is 5. The number of nitrogens with zero attached hydrogens (tertiary/aromatic N) is 4. The minimum absolute atomic E-state index is 0.141. The highest BCUT2D eigenvalue weighted by Crippen LogP contribution is 2.28. The van der Waals surface area contributed by atoms with Gasteiger partial charge in [-0.25, -0.2) is 0 Å². The van der Waals surface area contributed by atoms with Gasteiger partial charge in [0.05, 0.1) is 11.4 Å². The molecule has 2 aliphatic rings. The Morgan fingerprint density at radius 3 is 2.15 bits per heavy atom. The highest BCUT2D eigenvalue weighted by molar-refractivity contribution is 5.87. The van der Waals surface area contributed by atoms with Crippen LogP contribution < -0.4 is 5.32 Å². The number of anilines is 1. The Bertz CT molecular complexity index is 1080. The predicted octanol–water partition coefficient (Wildman–Crippen LogP) is 4.12. The zero-order chi connectivity index (χ0) is 23.5. The fraction of sp³-hybridized carbons (Fsp3) is 0.393. The Balaban J connectivity index is 1.26. The van der Waals surface area contributed by atoms with Crippen LogP contribution in [0.2, 0.25) is 0 Å². The third kappa shape index (κ3) is 4.82. The second-order valence-corrected chi connectivity index (χ2v) is 9.55. The summed E-state index contributed by atoms with van der Waals surface area (Å²) in [4.78, 5) is 27.1. The van der Waals surface area contributed by atoms with Gasteiger partial charge in [0.15, 0.2) is 0 Å². The number of carbonyl (C=O) groups is 1. The number of fused-ring (bicyclic) bond motifs is 1. The van der Waals surface area contributed by atoms with Crippen molar-refractivity contribution in [2.45, 2.75) is 58.3 Å². The number of pyridine rings is 2. The van der Waals surface area contributed by atoms with E-state index < -0.39 is 0 Å². The molecular weight excluding hydrogens is 422 g/mol. The average molecular weight is 456 g/mol. The lowest BCUT2D eigenvalue weighted by atomic mass is 10.00. The van der Waals surface area contributed by atoms with E-state index in [1.807, 2.05) is 36.7 Å². The van der Waals surface area contributed by atoms with Crippen LogP contribution >= 0.6 is 0 Å². The van der Waals surface area contributed by atoms with E-state index in [1.165, 1.54) is 16.7 Å². The van der Waals surface area contributed by atoms with Crippen molar-refractivity contribution < 1.29 is 4.79 Å². The first-order chi connectivity index (χ1) is 16.6. The van der Waals surface area contributed by atoms with Gasteiger partial charge in [0.2, 0.25) is 5.91 Å². The van der Waals surface area contributed by atoms with E-state index in [1.54, 1.807) is 0 Å². The molecular formula is C28H33N5O. The first-order valence-electron chi connectivity index (χ1n) is 12.3. The van der Waals surface area contributed by atoms with Crippen molar-refractivity contribution in [1.82, 2.24) is 19.8 Å². The van der Waals surface area contributed by atoms with Crippen LogP contribution in [0.4, 0.5) is 5.69 Å². The molecule has 1 amide bonds. The van der Waals surface area contributed by atoms with Crippen LogP contribution in [0, 0.1) is 13.8 Å². The summed E-state index contributed by atoms with van der Waals surface area (Å²) < 4.78 is 0. The van der Waals surface area contributed by atoms with Crippen molar-refractivity contribution in [2.24, 2.45) is 0 Å². The molecule has 1 aromatic carbocycles. The van der Waals surface area contributed by atoms with Gasteiger partial charge in [0, 0.05) is 56.7 Å². The summed E-state index contributed by atoms with van der Waals surface area (Å²) in [6.45, 7) is 7.41. The number of carbonyl (C=O) groups excluding carboxylic acids is 1. The summed E-state index contributed by atoms with van der Waals surface area (Å²) in [5.74, 6) is 0.224. The van der Waals surface area contributed by atoms with Crippen LogP contribution in [0.25, 0.3) is 0 Å². The highest BCUT2D eigenvalue weighted by Gasteiger charge is 2.33. The van der Waals surface area contributed by atoms with E-state index in [0.717, 1.165) is 62.5 Å². The number of nitrogens with one attached hydrogen (secondary N) is 1. The minimum Gasteiger partial charge on any atom is -0.373 e. The third-order valence-electron chi connectivity index (χ3n) is 7.30. The Morgan fingerprint density at radius 2 is 1.56 bits per heavy atom. The number of rotatable bonds is 6. The molecule has 4 heterocycles. The van der Waals surface area contributed by atoms with Crippen LogP contribution in [0.3, 0.4) is 0 Å². The lowest BCUT2D eigenvalue weighted by molar-refractivity contribution is -0.133. The van der Waals surface area contributed by atoms with Crippen molar-refractivity contribution >= 4 is 11.6 Å². The molecule has 6 nitrogen and oxygen atoms in total. The number of likely N-dealkylation sites (tertiary alicyclic amines) is 1. The average Bonchev–Trinajstić information content (AvgIpc) is 3.30. The normalized spacial score (nSPS) is 18.1. The molecule has 1 atom stereocenters. The Hall–Kier alpha value is -3.25. The molecule has 1 unspecified atom stereocenters. The van der Waals surface area contributed by atoms with E-state index >= 15 is 0 Å². The molecule has 2 aliphatic heterocycles. The quantitative estimate of drug-likeness (QED) is 0.606. The molecule has 2 aromatic heterocycles. The van der Waals surface area contributed by atoms with Gasteiger partial charge >= 0.3 is 0 Å². The number of amides is 1. The molecule has 0 bridgehead atoms. The zero-order valence-electron chi connectivity index (χ0n) is 20.1. The molecule has 176 valence electrons. The first-order valence-corrected chi connectivity index (χ1v) is 12.3. The Labute approximate surface area is 202 Å². The molecule has 0 aliphatic carbocycles. The molecule has 0 radical (unpaired) electrons. The van der Waals surface area contributed by atoms with Crippen molar-refractivity contribution in [2.75, 3.05) is 18.4 Å². The monoisotopic (exact) mass is 455 g/mol. The maximum atomic E-state index is 13.2. The van der Waals surface area contributed by atoms with Gasteiger partial charge in [0.1, 0.15) is 6.04 Å². The lowest BCUT2D eigenvalue weighted by Crippen LogP contribution is -2.50. The van der Waals surface area contributed by atoms with Crippen LogP contribution in [-0.2, 0) is 24.3 Å². The summed E-state index contributed by atoms with van der Waals surface area (Å²) in [6, 6.07) is 16.7. The fourth-order valence-electron chi connectivity index (χ4n) is 5.19. The number of aryl methyl sites for hydroxylation is 2. The Kier molecular flexibility index (Phi) is 6.59. The highest BCUT2D eigenvalue weighted by atomic mass is 16.2. The van der Waals surface area contributed by atoms with Gasteiger partial charge in [0.25, 0.3) is 0 Å². The molecule has 0 saturated carbocycles. The summed E-state index contributed by atoms with van der Waals surface area (Å²) >= 11 is 0. The van der Waals surface area contributed by atoms with E-state index in [-0.39, 0.29) is 11.9 Å². The smallest absolute Gasteiger partial charge is 0.245 e. The second kappa shape index (κ2) is 9.94. The predicted molar refractivity (Wildman–Crippen MR) is 134 cm³/mol.